The second-order valence-electron chi connectivity index (χ2n) is 13.3. The van der Waals surface area contributed by atoms with Crippen LogP contribution in [-0.2, 0) is 12.8 Å². The first-order valence-corrected chi connectivity index (χ1v) is 15.7. The molecule has 0 saturated carbocycles. The average molecular weight is 586 g/mol. The number of halogens is 1. The van der Waals surface area contributed by atoms with E-state index in [1.807, 2.05) is 6.07 Å². The number of phenolic OH excluding ortho intramolecular Hbond substituents is 1. The molecule has 7 heteroatoms. The van der Waals surface area contributed by atoms with E-state index in [2.05, 4.69) is 81.7 Å². The number of fused-ring (bicyclic) bond motifs is 8. The summed E-state index contributed by atoms with van der Waals surface area (Å²) < 4.78 is 0. The lowest BCUT2D eigenvalue weighted by atomic mass is 9.74. The van der Waals surface area contributed by atoms with Crippen molar-refractivity contribution in [1.82, 2.24) is 24.7 Å². The van der Waals surface area contributed by atoms with E-state index in [1.54, 1.807) is 0 Å². The van der Waals surface area contributed by atoms with E-state index in [0.29, 0.717) is 29.7 Å². The van der Waals surface area contributed by atoms with E-state index in [-0.39, 0.29) is 18.4 Å². The van der Waals surface area contributed by atoms with Gasteiger partial charge in [-0.2, -0.15) is 0 Å². The summed E-state index contributed by atoms with van der Waals surface area (Å²) in [5.74, 6) is 1.49. The van der Waals surface area contributed by atoms with Crippen molar-refractivity contribution in [3.8, 4) is 5.75 Å². The van der Waals surface area contributed by atoms with Gasteiger partial charge in [0.2, 0.25) is 0 Å². The molecule has 2 saturated heterocycles. The van der Waals surface area contributed by atoms with Gasteiger partial charge < -0.3 is 15.1 Å². The first kappa shape index (κ1) is 28.0. The molecular formula is C35H44ClN5O. The van der Waals surface area contributed by atoms with Crippen LogP contribution < -0.4 is 0 Å². The lowest BCUT2D eigenvalue weighted by molar-refractivity contribution is 0.0515. The summed E-state index contributed by atoms with van der Waals surface area (Å²) in [5, 5.41) is 13.8. The zero-order valence-corrected chi connectivity index (χ0v) is 25.7. The molecule has 0 spiro atoms. The number of rotatable bonds is 4. The van der Waals surface area contributed by atoms with Crippen molar-refractivity contribution in [3.05, 3.63) is 77.1 Å². The fourth-order valence-corrected chi connectivity index (χ4v) is 9.04. The van der Waals surface area contributed by atoms with Crippen LogP contribution in [0.5, 0.6) is 5.75 Å². The molecule has 8 rings (SSSR count). The smallest absolute Gasteiger partial charge is 0.122 e. The third kappa shape index (κ3) is 4.25. The maximum absolute atomic E-state index is 11.1. The van der Waals surface area contributed by atoms with E-state index in [0.717, 1.165) is 63.8 Å². The van der Waals surface area contributed by atoms with Gasteiger partial charge >= 0.3 is 0 Å². The van der Waals surface area contributed by atoms with Gasteiger partial charge in [0.25, 0.3) is 0 Å². The fourth-order valence-electron chi connectivity index (χ4n) is 9.04. The van der Waals surface area contributed by atoms with Crippen molar-refractivity contribution < 1.29 is 5.11 Å². The molecule has 2 aromatic carbocycles. The molecule has 0 unspecified atom stereocenters. The molecule has 3 N–H and O–H groups in total. The monoisotopic (exact) mass is 585 g/mol. The Morgan fingerprint density at radius 3 is 2.55 bits per heavy atom. The van der Waals surface area contributed by atoms with Crippen LogP contribution in [-0.4, -0.2) is 70.0 Å². The second kappa shape index (κ2) is 10.7. The van der Waals surface area contributed by atoms with Crippen LogP contribution in [0.1, 0.15) is 71.9 Å². The number of H-pyrrole nitrogens is 2. The van der Waals surface area contributed by atoms with Gasteiger partial charge in [0.15, 0.2) is 0 Å². The number of hydrogen-bond donors (Lipinski definition) is 3. The standard InChI is InChI=1S/C35H43N5O.ClH/c1-4-21-20-40-17-14-26-24-11-12-31(41)32(28-10-7-15-38(28)2)35(24)37-34(26)30(40)19-22(21)18-29-33-25(13-16-39(29)3)23-8-5-6-9-27(23)36-33;/h4-6,8-9,11-12,21-22,28-30,36-37,41H,1,7,10,13-20H2,2-3H3;1H/t21-,22-,28-,29-,30-;/m0./s1. The van der Waals surface area contributed by atoms with Crippen molar-refractivity contribution in [2.24, 2.45) is 11.8 Å². The SMILES string of the molecule is C=C[C@H]1CN2CCc3c([nH]c4c([C@@H]5CCCN5C)c(O)ccc34)[C@@H]2C[C@@H]1C[C@H]1c2[nH]c3ccccc3c2CCN1C.Cl. The fraction of sp³-hybridized carbons (Fsp3) is 0.486. The van der Waals surface area contributed by atoms with E-state index >= 15 is 0 Å². The Bertz CT molecular complexity index is 1640. The molecule has 4 aliphatic heterocycles. The highest BCUT2D eigenvalue weighted by Gasteiger charge is 2.42. The molecule has 2 fully saturated rings. The number of benzene rings is 2. The summed E-state index contributed by atoms with van der Waals surface area (Å²) in [6.45, 7) is 8.70. The maximum atomic E-state index is 11.1. The number of likely N-dealkylation sites (N-methyl/N-ethyl adjacent to an activating group) is 1. The lowest BCUT2D eigenvalue weighted by Gasteiger charge is -2.47. The second-order valence-corrected chi connectivity index (χ2v) is 13.3. The Balaban J connectivity index is 0.00000288. The zero-order valence-electron chi connectivity index (χ0n) is 24.9. The van der Waals surface area contributed by atoms with E-state index in [9.17, 15) is 5.11 Å². The van der Waals surface area contributed by atoms with Gasteiger partial charge in [-0.05, 0) is 100 Å². The summed E-state index contributed by atoms with van der Waals surface area (Å²) in [6.07, 6.45) is 8.99. The van der Waals surface area contributed by atoms with Gasteiger partial charge in [0, 0.05) is 58.9 Å². The lowest BCUT2D eigenvalue weighted by Crippen LogP contribution is -2.46. The maximum Gasteiger partial charge on any atom is 0.122 e. The van der Waals surface area contributed by atoms with Crippen LogP contribution >= 0.6 is 12.4 Å². The van der Waals surface area contributed by atoms with Crippen LogP contribution in [0.25, 0.3) is 21.8 Å². The molecule has 2 aromatic heterocycles. The number of para-hydroxylation sites is 1. The number of aromatic nitrogens is 2. The van der Waals surface area contributed by atoms with Gasteiger partial charge in [-0.25, -0.2) is 0 Å². The Morgan fingerprint density at radius 2 is 1.74 bits per heavy atom. The topological polar surface area (TPSA) is 61.5 Å². The largest absolute Gasteiger partial charge is 0.508 e. The zero-order chi connectivity index (χ0) is 27.8. The number of nitrogens with zero attached hydrogens (tertiary/aromatic N) is 3. The van der Waals surface area contributed by atoms with Gasteiger partial charge in [-0.15, -0.1) is 19.0 Å². The molecule has 4 aromatic rings. The highest BCUT2D eigenvalue weighted by atomic mass is 35.5. The number of likely N-dealkylation sites (tertiary alicyclic amines) is 1. The third-order valence-corrected chi connectivity index (χ3v) is 11.2. The molecule has 6 nitrogen and oxygen atoms in total. The number of aromatic amines is 2. The van der Waals surface area contributed by atoms with Crippen LogP contribution in [0.2, 0.25) is 0 Å². The molecule has 5 atom stereocenters. The van der Waals surface area contributed by atoms with Gasteiger partial charge in [0.05, 0.1) is 17.6 Å². The van der Waals surface area contributed by atoms with Crippen LogP contribution in [0.4, 0.5) is 0 Å². The van der Waals surface area contributed by atoms with Gasteiger partial charge in [-0.1, -0.05) is 24.3 Å². The molecular weight excluding hydrogens is 542 g/mol. The number of hydrogen-bond acceptors (Lipinski definition) is 4. The predicted octanol–water partition coefficient (Wildman–Crippen LogP) is 6.88. The van der Waals surface area contributed by atoms with Crippen molar-refractivity contribution in [2.75, 3.05) is 40.3 Å². The molecule has 0 bridgehead atoms. The van der Waals surface area contributed by atoms with Gasteiger partial charge in [0.1, 0.15) is 5.75 Å². The molecule has 0 amide bonds. The summed E-state index contributed by atoms with van der Waals surface area (Å²) in [4.78, 5) is 15.5. The minimum atomic E-state index is 0. The Morgan fingerprint density at radius 1 is 0.929 bits per heavy atom. The first-order valence-electron chi connectivity index (χ1n) is 15.7. The molecule has 4 aliphatic rings. The summed E-state index contributed by atoms with van der Waals surface area (Å²) in [7, 11) is 4.50. The van der Waals surface area contributed by atoms with Crippen molar-refractivity contribution in [3.63, 3.8) is 0 Å². The third-order valence-electron chi connectivity index (χ3n) is 11.2. The summed E-state index contributed by atoms with van der Waals surface area (Å²) in [5.41, 5.74) is 9.38. The highest BCUT2D eigenvalue weighted by Crippen LogP contribution is 2.49. The van der Waals surface area contributed by atoms with E-state index < -0.39 is 0 Å². The quantitative estimate of drug-likeness (QED) is 0.228. The van der Waals surface area contributed by atoms with E-state index in [1.165, 1.54) is 50.7 Å². The van der Waals surface area contributed by atoms with Gasteiger partial charge in [-0.3, -0.25) is 14.7 Å². The molecule has 0 radical (unpaired) electrons. The Labute approximate surface area is 255 Å². The summed E-state index contributed by atoms with van der Waals surface area (Å²) >= 11 is 0. The summed E-state index contributed by atoms with van der Waals surface area (Å²) in [6, 6.07) is 14.0. The molecule has 42 heavy (non-hydrogen) atoms. The minimum Gasteiger partial charge on any atom is -0.508 e. The van der Waals surface area contributed by atoms with Crippen molar-refractivity contribution >= 4 is 34.2 Å². The van der Waals surface area contributed by atoms with Crippen LogP contribution in [0.15, 0.2) is 49.1 Å². The number of aromatic hydroxyl groups is 1. The Hall–Kier alpha value is -2.77. The van der Waals surface area contributed by atoms with E-state index in [4.69, 9.17) is 0 Å². The normalized spacial score (nSPS) is 28.4. The number of phenols is 1. The molecule has 222 valence electrons. The Kier molecular flexibility index (Phi) is 7.17. The average Bonchev–Trinajstić information content (AvgIpc) is 3.69. The van der Waals surface area contributed by atoms with Crippen molar-refractivity contribution in [1.29, 1.82) is 0 Å². The molecule has 0 aliphatic carbocycles. The van der Waals surface area contributed by atoms with Crippen LogP contribution in [0, 0.1) is 11.8 Å². The molecule has 6 heterocycles. The minimum absolute atomic E-state index is 0. The number of nitrogens with one attached hydrogen (secondary N) is 2. The highest BCUT2D eigenvalue weighted by molar-refractivity contribution is 5.90. The number of piperidine rings is 1. The predicted molar refractivity (Wildman–Crippen MR) is 174 cm³/mol. The van der Waals surface area contributed by atoms with Crippen molar-refractivity contribution in [2.45, 2.75) is 56.7 Å². The van der Waals surface area contributed by atoms with Crippen LogP contribution in [0.3, 0.4) is 0 Å². The first-order chi connectivity index (χ1) is 20.0.